The van der Waals surface area contributed by atoms with E-state index in [1.807, 2.05) is 38.1 Å². The molecule has 0 unspecified atom stereocenters. The number of carbonyl (C=O) groups excluding carboxylic acids is 1. The van der Waals surface area contributed by atoms with Crippen molar-refractivity contribution in [2.24, 2.45) is 0 Å². The monoisotopic (exact) mass is 476 g/mol. The van der Waals surface area contributed by atoms with Gasteiger partial charge in [-0.15, -0.1) is 0 Å². The van der Waals surface area contributed by atoms with E-state index in [1.165, 1.54) is 6.33 Å². The number of nitrogens with two attached hydrogens (primary N) is 1. The predicted octanol–water partition coefficient (Wildman–Crippen LogP) is 4.70. The molecule has 0 aliphatic carbocycles. The molecule has 2 aromatic heterocycles. The molecular formula is C26H29ClN6O. The first-order chi connectivity index (χ1) is 16.3. The first-order valence-electron chi connectivity index (χ1n) is 11.4. The molecule has 1 amide bonds. The van der Waals surface area contributed by atoms with E-state index < -0.39 is 0 Å². The smallest absolute Gasteiger partial charge is 0.255 e. The zero-order chi connectivity index (χ0) is 24.4. The fourth-order valence-electron chi connectivity index (χ4n) is 4.72. The first-order valence-corrected chi connectivity index (χ1v) is 11.8. The van der Waals surface area contributed by atoms with Crippen molar-refractivity contribution in [3.63, 3.8) is 0 Å². The molecule has 3 atom stereocenters. The number of allylic oxidation sites excluding steroid dienone is 1. The Labute approximate surface area is 205 Å². The molecule has 1 aliphatic heterocycles. The number of rotatable bonds is 5. The predicted molar refractivity (Wildman–Crippen MR) is 136 cm³/mol. The largest absolute Gasteiger partial charge is 0.383 e. The van der Waals surface area contributed by atoms with Crippen LogP contribution in [0, 0.1) is 11.8 Å². The summed E-state index contributed by atoms with van der Waals surface area (Å²) >= 11 is 6.15. The topological polar surface area (TPSA) is 89.1 Å². The number of hydrogen-bond donors (Lipinski definition) is 2. The maximum atomic E-state index is 13.7. The van der Waals surface area contributed by atoms with E-state index >= 15 is 0 Å². The van der Waals surface area contributed by atoms with E-state index in [0.717, 1.165) is 18.5 Å². The van der Waals surface area contributed by atoms with Crippen molar-refractivity contribution < 1.29 is 4.79 Å². The lowest BCUT2D eigenvalue weighted by Gasteiger charge is -2.18. The number of halogens is 1. The summed E-state index contributed by atoms with van der Waals surface area (Å²) in [5, 5.41) is 4.24. The minimum Gasteiger partial charge on any atom is -0.383 e. The third kappa shape index (κ3) is 4.34. The molecule has 0 bridgehead atoms. The van der Waals surface area contributed by atoms with Crippen LogP contribution in [-0.4, -0.2) is 37.9 Å². The molecule has 7 nitrogen and oxygen atoms in total. The van der Waals surface area contributed by atoms with Crippen LogP contribution in [0.3, 0.4) is 0 Å². The number of fused-ring (bicyclic) bond motifs is 1. The van der Waals surface area contributed by atoms with Gasteiger partial charge in [-0.3, -0.25) is 4.79 Å². The maximum absolute atomic E-state index is 13.7. The van der Waals surface area contributed by atoms with Gasteiger partial charge in [0.15, 0.2) is 0 Å². The molecule has 3 heterocycles. The van der Waals surface area contributed by atoms with Gasteiger partial charge >= 0.3 is 0 Å². The second-order valence-corrected chi connectivity index (χ2v) is 9.03. The maximum Gasteiger partial charge on any atom is 0.255 e. The van der Waals surface area contributed by atoms with Crippen molar-refractivity contribution in [2.45, 2.75) is 52.2 Å². The van der Waals surface area contributed by atoms with E-state index in [-0.39, 0.29) is 23.8 Å². The van der Waals surface area contributed by atoms with E-state index in [4.69, 9.17) is 17.3 Å². The molecule has 1 saturated heterocycles. The number of aromatic nitrogens is 3. The summed E-state index contributed by atoms with van der Waals surface area (Å²) < 4.78 is 2.07. The average molecular weight is 477 g/mol. The minimum absolute atomic E-state index is 0.0887. The lowest BCUT2D eigenvalue weighted by molar-refractivity contribution is 0.0941. The Balaban J connectivity index is 1.83. The van der Waals surface area contributed by atoms with Crippen molar-refractivity contribution in [3.8, 4) is 11.8 Å². The molecule has 0 radical (unpaired) electrons. The number of anilines is 1. The molecule has 176 valence electrons. The number of nitrogens with zero attached hydrogens (tertiary/aromatic N) is 4. The van der Waals surface area contributed by atoms with Crippen LogP contribution >= 0.6 is 11.6 Å². The highest BCUT2D eigenvalue weighted by Gasteiger charge is 2.34. The third-order valence-electron chi connectivity index (χ3n) is 6.29. The highest BCUT2D eigenvalue weighted by molar-refractivity contribution is 6.30. The molecular weight excluding hydrogens is 448 g/mol. The van der Waals surface area contributed by atoms with Gasteiger partial charge in [0, 0.05) is 17.6 Å². The summed E-state index contributed by atoms with van der Waals surface area (Å²) in [4.78, 5) is 24.7. The highest BCUT2D eigenvalue weighted by atomic mass is 35.5. The Morgan fingerprint density at radius 1 is 1.38 bits per heavy atom. The standard InChI is InChI=1S/C26H29ClN6O/c1-5-8-21-22(26(34)31-17(4)18-9-7-10-19(27)13-18)23-24(28)29-15-30-25(23)33(21)20-12-16(3)32(14-20)11-6-2/h6-7,9-11,13,15-17,20H,12,14H2,1-4H3,(H,31,34)(H2,28,29,30)/t16-,17+,20+/m0/s1. The van der Waals surface area contributed by atoms with Gasteiger partial charge in [-0.2, -0.15) is 0 Å². The SMILES string of the molecule is CC#Cc1c(C(=O)N[C@H](C)c2cccc(Cl)c2)c2c(N)ncnc2n1[C@@H]1C[C@H](C)N(C=CC)C1. The molecule has 1 aromatic carbocycles. The Hall–Kier alpha value is -3.50. The molecule has 0 spiro atoms. The number of benzene rings is 1. The lowest BCUT2D eigenvalue weighted by atomic mass is 10.1. The second kappa shape index (κ2) is 9.78. The normalized spacial score (nSPS) is 18.8. The van der Waals surface area contributed by atoms with Crippen molar-refractivity contribution in [2.75, 3.05) is 12.3 Å². The van der Waals surface area contributed by atoms with E-state index in [2.05, 4.69) is 49.7 Å². The number of nitrogen functional groups attached to an aromatic ring is 1. The van der Waals surface area contributed by atoms with Crippen LogP contribution in [0.4, 0.5) is 5.82 Å². The van der Waals surface area contributed by atoms with Crippen LogP contribution in [0.5, 0.6) is 0 Å². The van der Waals surface area contributed by atoms with Gasteiger partial charge in [-0.05, 0) is 63.9 Å². The van der Waals surface area contributed by atoms with Gasteiger partial charge in [0.05, 0.1) is 23.0 Å². The summed E-state index contributed by atoms with van der Waals surface area (Å²) in [7, 11) is 0. The zero-order valence-corrected chi connectivity index (χ0v) is 20.6. The summed E-state index contributed by atoms with van der Waals surface area (Å²) in [5.41, 5.74) is 8.86. The van der Waals surface area contributed by atoms with Crippen LogP contribution in [0.2, 0.25) is 5.02 Å². The number of amides is 1. The van der Waals surface area contributed by atoms with Crippen LogP contribution in [0.1, 0.15) is 67.8 Å². The summed E-state index contributed by atoms with van der Waals surface area (Å²) in [6, 6.07) is 7.61. The van der Waals surface area contributed by atoms with E-state index in [0.29, 0.717) is 33.4 Å². The van der Waals surface area contributed by atoms with Crippen molar-refractivity contribution in [3.05, 3.63) is 64.7 Å². The summed E-state index contributed by atoms with van der Waals surface area (Å²) in [6.07, 6.45) is 6.48. The van der Waals surface area contributed by atoms with Gasteiger partial charge in [0.25, 0.3) is 5.91 Å². The quantitative estimate of drug-likeness (QED) is 0.521. The van der Waals surface area contributed by atoms with Gasteiger partial charge in [0.2, 0.25) is 0 Å². The van der Waals surface area contributed by atoms with E-state index in [1.54, 1.807) is 13.0 Å². The van der Waals surface area contributed by atoms with Gasteiger partial charge in [-0.25, -0.2) is 9.97 Å². The average Bonchev–Trinajstić information content (AvgIpc) is 3.32. The van der Waals surface area contributed by atoms with Crippen molar-refractivity contribution >= 4 is 34.4 Å². The molecule has 3 N–H and O–H groups in total. The fraction of sp³-hybridized carbons (Fsp3) is 0.346. The molecule has 8 heteroatoms. The van der Waals surface area contributed by atoms with Gasteiger partial charge < -0.3 is 20.5 Å². The second-order valence-electron chi connectivity index (χ2n) is 8.59. The lowest BCUT2D eigenvalue weighted by Crippen LogP contribution is -2.27. The van der Waals surface area contributed by atoms with Gasteiger partial charge in [0.1, 0.15) is 23.5 Å². The Morgan fingerprint density at radius 2 is 2.18 bits per heavy atom. The van der Waals surface area contributed by atoms with Crippen LogP contribution in [0.25, 0.3) is 11.0 Å². The minimum atomic E-state index is -0.271. The molecule has 1 aliphatic rings. The van der Waals surface area contributed by atoms with Crippen molar-refractivity contribution in [1.82, 2.24) is 24.8 Å². The number of carbonyl (C=O) groups is 1. The van der Waals surface area contributed by atoms with Crippen LogP contribution in [-0.2, 0) is 0 Å². The number of likely N-dealkylation sites (tertiary alicyclic amines) is 1. The molecule has 34 heavy (non-hydrogen) atoms. The fourth-order valence-corrected chi connectivity index (χ4v) is 4.91. The number of hydrogen-bond acceptors (Lipinski definition) is 5. The molecule has 3 aromatic rings. The van der Waals surface area contributed by atoms with Crippen LogP contribution in [0.15, 0.2) is 42.9 Å². The highest BCUT2D eigenvalue weighted by Crippen LogP contribution is 2.36. The zero-order valence-electron chi connectivity index (χ0n) is 19.8. The van der Waals surface area contributed by atoms with Crippen LogP contribution < -0.4 is 11.1 Å². The Kier molecular flexibility index (Phi) is 6.80. The van der Waals surface area contributed by atoms with E-state index in [9.17, 15) is 4.79 Å². The van der Waals surface area contributed by atoms with Crippen molar-refractivity contribution in [1.29, 1.82) is 0 Å². The number of nitrogens with one attached hydrogen (secondary N) is 1. The third-order valence-corrected chi connectivity index (χ3v) is 6.52. The summed E-state index contributed by atoms with van der Waals surface area (Å²) in [6.45, 7) is 8.67. The van der Waals surface area contributed by atoms with Gasteiger partial charge in [-0.1, -0.05) is 35.7 Å². The molecule has 4 rings (SSSR count). The Morgan fingerprint density at radius 3 is 2.88 bits per heavy atom. The first kappa shape index (κ1) is 23.7. The molecule has 0 saturated carbocycles. The molecule has 1 fully saturated rings. The Bertz CT molecular complexity index is 1320. The summed E-state index contributed by atoms with van der Waals surface area (Å²) in [5.74, 6) is 6.15.